The van der Waals surface area contributed by atoms with Crippen molar-refractivity contribution in [2.75, 3.05) is 33.3 Å². The lowest BCUT2D eigenvalue weighted by Gasteiger charge is -2.40. The first-order valence-electron chi connectivity index (χ1n) is 7.11. The molecule has 3 nitrogen and oxygen atoms in total. The monoisotopic (exact) mass is 344 g/mol. The summed E-state index contributed by atoms with van der Waals surface area (Å²) in [6.07, 6.45) is 1.13. The number of halogens is 2. The Morgan fingerprint density at radius 2 is 2.30 bits per heavy atom. The third kappa shape index (κ3) is 3.79. The molecule has 0 saturated carbocycles. The number of ether oxygens (including phenoxy) is 1. The Morgan fingerprint density at radius 1 is 1.50 bits per heavy atom. The van der Waals surface area contributed by atoms with E-state index in [-0.39, 0.29) is 18.0 Å². The number of nitrogens with zero attached hydrogens (tertiary/aromatic N) is 1. The molecule has 1 aromatic rings. The van der Waals surface area contributed by atoms with Crippen molar-refractivity contribution in [3.63, 3.8) is 0 Å². The van der Waals surface area contributed by atoms with E-state index in [0.29, 0.717) is 0 Å². The van der Waals surface area contributed by atoms with Crippen LogP contribution in [0.5, 0.6) is 0 Å². The van der Waals surface area contributed by atoms with Crippen molar-refractivity contribution >= 4 is 15.9 Å². The van der Waals surface area contributed by atoms with E-state index in [0.717, 1.165) is 42.7 Å². The van der Waals surface area contributed by atoms with Gasteiger partial charge in [0.2, 0.25) is 0 Å². The predicted octanol–water partition coefficient (Wildman–Crippen LogP) is 2.96. The smallest absolute Gasteiger partial charge is 0.123 e. The largest absolute Gasteiger partial charge is 0.374 e. The van der Waals surface area contributed by atoms with Crippen LogP contribution in [0.1, 0.15) is 24.9 Å². The van der Waals surface area contributed by atoms with Crippen LogP contribution in [0.25, 0.3) is 0 Å². The second-order valence-electron chi connectivity index (χ2n) is 5.20. The zero-order chi connectivity index (χ0) is 14.5. The Morgan fingerprint density at radius 3 is 3.05 bits per heavy atom. The van der Waals surface area contributed by atoms with Gasteiger partial charge in [-0.1, -0.05) is 22.9 Å². The minimum Gasteiger partial charge on any atom is -0.374 e. The van der Waals surface area contributed by atoms with Gasteiger partial charge in [0.15, 0.2) is 0 Å². The summed E-state index contributed by atoms with van der Waals surface area (Å²) in [6, 6.07) is 4.91. The molecule has 1 aliphatic rings. The van der Waals surface area contributed by atoms with E-state index in [1.165, 1.54) is 6.07 Å². The molecule has 1 fully saturated rings. The van der Waals surface area contributed by atoms with E-state index in [4.69, 9.17) is 4.74 Å². The number of likely N-dealkylation sites (N-methyl/N-ethyl adjacent to an activating group) is 1. The third-order valence-electron chi connectivity index (χ3n) is 3.65. The average Bonchev–Trinajstić information content (AvgIpc) is 2.42. The highest BCUT2D eigenvalue weighted by atomic mass is 79.9. The molecule has 1 N–H and O–H groups in total. The summed E-state index contributed by atoms with van der Waals surface area (Å²) in [5.41, 5.74) is 0.954. The predicted molar refractivity (Wildman–Crippen MR) is 82.4 cm³/mol. The quantitative estimate of drug-likeness (QED) is 0.831. The fourth-order valence-corrected chi connectivity index (χ4v) is 3.11. The molecule has 1 saturated heterocycles. The molecule has 0 aromatic heterocycles. The topological polar surface area (TPSA) is 24.5 Å². The van der Waals surface area contributed by atoms with Crippen LogP contribution in [-0.4, -0.2) is 44.3 Å². The molecule has 0 bridgehead atoms. The highest BCUT2D eigenvalue weighted by molar-refractivity contribution is 9.10. The van der Waals surface area contributed by atoms with Gasteiger partial charge in [-0.05, 0) is 43.8 Å². The lowest BCUT2D eigenvalue weighted by molar-refractivity contribution is -0.0615. The molecule has 0 spiro atoms. The highest BCUT2D eigenvalue weighted by Gasteiger charge is 2.32. The number of hydrogen-bond acceptors (Lipinski definition) is 3. The molecule has 0 radical (unpaired) electrons. The van der Waals surface area contributed by atoms with Gasteiger partial charge in [0.25, 0.3) is 0 Å². The fraction of sp³-hybridized carbons (Fsp3) is 0.600. The first-order valence-corrected chi connectivity index (χ1v) is 7.90. The molecule has 2 atom stereocenters. The minimum atomic E-state index is -0.206. The van der Waals surface area contributed by atoms with E-state index in [2.05, 4.69) is 40.1 Å². The van der Waals surface area contributed by atoms with Gasteiger partial charge < -0.3 is 10.1 Å². The Bertz CT molecular complexity index is 444. The molecular weight excluding hydrogens is 323 g/mol. The van der Waals surface area contributed by atoms with Gasteiger partial charge in [0.1, 0.15) is 5.82 Å². The SMILES string of the molecule is CCCNCC1OCCN(C)C1c1cc(F)ccc1Br. The maximum absolute atomic E-state index is 13.6. The molecule has 2 rings (SSSR count). The van der Waals surface area contributed by atoms with E-state index in [9.17, 15) is 4.39 Å². The fourth-order valence-electron chi connectivity index (χ4n) is 2.63. The summed E-state index contributed by atoms with van der Waals surface area (Å²) in [7, 11) is 2.07. The summed E-state index contributed by atoms with van der Waals surface area (Å²) in [5, 5.41) is 3.40. The van der Waals surface area contributed by atoms with Crippen molar-refractivity contribution in [2.24, 2.45) is 0 Å². The summed E-state index contributed by atoms with van der Waals surface area (Å²) < 4.78 is 20.4. The highest BCUT2D eigenvalue weighted by Crippen LogP contribution is 2.33. The summed E-state index contributed by atoms with van der Waals surface area (Å²) in [6.45, 7) is 5.48. The summed E-state index contributed by atoms with van der Waals surface area (Å²) in [4.78, 5) is 2.24. The summed E-state index contributed by atoms with van der Waals surface area (Å²) >= 11 is 3.53. The Kier molecular flexibility index (Phi) is 5.96. The molecule has 2 unspecified atom stereocenters. The second-order valence-corrected chi connectivity index (χ2v) is 6.06. The Hall–Kier alpha value is -0.490. The van der Waals surface area contributed by atoms with E-state index in [1.807, 2.05) is 0 Å². The van der Waals surface area contributed by atoms with Crippen molar-refractivity contribution in [3.05, 3.63) is 34.1 Å². The van der Waals surface area contributed by atoms with Gasteiger partial charge in [0.05, 0.1) is 18.8 Å². The van der Waals surface area contributed by atoms with Gasteiger partial charge in [0, 0.05) is 17.6 Å². The third-order valence-corrected chi connectivity index (χ3v) is 4.37. The lowest BCUT2D eigenvalue weighted by Crippen LogP contribution is -2.47. The van der Waals surface area contributed by atoms with Crippen molar-refractivity contribution in [3.8, 4) is 0 Å². The van der Waals surface area contributed by atoms with Crippen molar-refractivity contribution in [2.45, 2.75) is 25.5 Å². The number of nitrogens with one attached hydrogen (secondary N) is 1. The van der Waals surface area contributed by atoms with Crippen LogP contribution in [-0.2, 0) is 4.74 Å². The number of rotatable bonds is 5. The first-order chi connectivity index (χ1) is 9.63. The average molecular weight is 345 g/mol. The van der Waals surface area contributed by atoms with E-state index < -0.39 is 0 Å². The van der Waals surface area contributed by atoms with Crippen LogP contribution in [0.4, 0.5) is 4.39 Å². The molecule has 20 heavy (non-hydrogen) atoms. The summed E-state index contributed by atoms with van der Waals surface area (Å²) in [5.74, 6) is -0.206. The molecule has 112 valence electrons. The van der Waals surface area contributed by atoms with Crippen LogP contribution >= 0.6 is 15.9 Å². The number of hydrogen-bond donors (Lipinski definition) is 1. The van der Waals surface area contributed by atoms with Crippen LogP contribution in [0.2, 0.25) is 0 Å². The standard InChI is InChI=1S/C15H22BrFN2O/c1-3-6-18-10-14-15(19(2)7-8-20-14)12-9-11(17)4-5-13(12)16/h4-5,9,14-15,18H,3,6-8,10H2,1-2H3. The number of benzene rings is 1. The van der Waals surface area contributed by atoms with Crippen molar-refractivity contribution in [1.29, 1.82) is 0 Å². The van der Waals surface area contributed by atoms with E-state index in [1.54, 1.807) is 12.1 Å². The van der Waals surface area contributed by atoms with Gasteiger partial charge in [-0.15, -0.1) is 0 Å². The van der Waals surface area contributed by atoms with Gasteiger partial charge >= 0.3 is 0 Å². The van der Waals surface area contributed by atoms with Gasteiger partial charge in [-0.3, -0.25) is 4.90 Å². The molecule has 0 aliphatic carbocycles. The van der Waals surface area contributed by atoms with Crippen molar-refractivity contribution in [1.82, 2.24) is 10.2 Å². The van der Waals surface area contributed by atoms with Crippen LogP contribution in [0, 0.1) is 5.82 Å². The Balaban J connectivity index is 2.20. The first kappa shape index (κ1) is 15.9. The molecule has 1 heterocycles. The lowest BCUT2D eigenvalue weighted by atomic mass is 9.98. The van der Waals surface area contributed by atoms with Crippen LogP contribution in [0.15, 0.2) is 22.7 Å². The van der Waals surface area contributed by atoms with Crippen LogP contribution < -0.4 is 5.32 Å². The normalized spacial score (nSPS) is 24.0. The number of morpholine rings is 1. The molecule has 1 aliphatic heterocycles. The van der Waals surface area contributed by atoms with Crippen LogP contribution in [0.3, 0.4) is 0 Å². The second kappa shape index (κ2) is 7.50. The molecule has 0 amide bonds. The zero-order valence-corrected chi connectivity index (χ0v) is 13.6. The molecule has 5 heteroatoms. The maximum Gasteiger partial charge on any atom is 0.123 e. The van der Waals surface area contributed by atoms with Gasteiger partial charge in [-0.2, -0.15) is 0 Å². The van der Waals surface area contributed by atoms with Gasteiger partial charge in [-0.25, -0.2) is 4.39 Å². The molecular formula is C15H22BrFN2O. The van der Waals surface area contributed by atoms with E-state index >= 15 is 0 Å². The minimum absolute atomic E-state index is 0.0402. The van der Waals surface area contributed by atoms with Crippen molar-refractivity contribution < 1.29 is 9.13 Å². The molecule has 1 aromatic carbocycles. The maximum atomic E-state index is 13.6. The Labute approximate surface area is 128 Å². The zero-order valence-electron chi connectivity index (χ0n) is 12.0.